The molecule has 4 aromatic carbocycles. The number of rotatable bonds is 40. The molecule has 594 valence electrons. The molecule has 1 aliphatic rings. The van der Waals surface area contributed by atoms with Gasteiger partial charge in [-0.25, -0.2) is 13.8 Å². The number of amides is 11. The predicted molar refractivity (Wildman–Crippen MR) is 393 cm³/mol. The molecule has 17 N–H and O–H groups in total. The van der Waals surface area contributed by atoms with E-state index in [1.54, 1.807) is 42.6 Å². The maximum absolute atomic E-state index is 15.5. The lowest BCUT2D eigenvalue weighted by Crippen LogP contribution is -2.67. The molecule has 11 atom stereocenters. The van der Waals surface area contributed by atoms with Crippen LogP contribution >= 0.6 is 0 Å². The number of likely N-dealkylation sites (tertiary alicyclic amines) is 1. The summed E-state index contributed by atoms with van der Waals surface area (Å²) >= 11 is 0. The second kappa shape index (κ2) is 39.8. The van der Waals surface area contributed by atoms with Crippen LogP contribution in [0.3, 0.4) is 0 Å². The summed E-state index contributed by atoms with van der Waals surface area (Å²) in [4.78, 5) is 191. The van der Waals surface area contributed by atoms with Crippen LogP contribution < -0.4 is 58.3 Å². The third-order valence-corrected chi connectivity index (χ3v) is 18.8. The Balaban J connectivity index is 1.05. The monoisotopic (exact) mass is 1540 g/mol. The number of aliphatic carboxylic acids is 2. The summed E-state index contributed by atoms with van der Waals surface area (Å²) < 4.78 is 35.6. The molecule has 0 unspecified atom stereocenters. The molecule has 0 saturated carbocycles. The zero-order valence-electron chi connectivity index (χ0n) is 61.8. The normalized spacial score (nSPS) is 16.2. The highest BCUT2D eigenvalue weighted by molar-refractivity contribution is 6.01. The molecule has 11 amide bonds. The quantitative estimate of drug-likeness (QED) is 0.0241. The third-order valence-electron chi connectivity index (χ3n) is 18.8. The number of aromatic nitrogens is 3. The molecule has 0 aliphatic carbocycles. The number of primary amides is 1. The zero-order chi connectivity index (χ0) is 81.4. The number of halogens is 2. The van der Waals surface area contributed by atoms with E-state index >= 15 is 4.39 Å². The van der Waals surface area contributed by atoms with Gasteiger partial charge in [0.1, 0.15) is 70.8 Å². The van der Waals surface area contributed by atoms with Gasteiger partial charge in [0.05, 0.1) is 50.9 Å². The fourth-order valence-corrected chi connectivity index (χ4v) is 12.5. The molecule has 111 heavy (non-hydrogen) atoms. The lowest BCUT2D eigenvalue weighted by molar-refractivity contribution is -0.145. The smallest absolute Gasteiger partial charge is 0.305 e. The van der Waals surface area contributed by atoms with E-state index in [1.807, 2.05) is 19.1 Å². The minimum Gasteiger partial charge on any atom is -0.497 e. The van der Waals surface area contributed by atoms with Crippen LogP contribution in [0.4, 0.5) is 8.78 Å². The number of ether oxygens (including phenoxy) is 1. The number of aromatic amines is 1. The molecule has 1 aliphatic heterocycles. The number of aliphatic hydroxyl groups excluding tert-OH is 3. The van der Waals surface area contributed by atoms with Gasteiger partial charge in [0.2, 0.25) is 65.0 Å². The van der Waals surface area contributed by atoms with Crippen molar-refractivity contribution < 1.29 is 101 Å². The Hall–Kier alpha value is -12.1. The first-order valence-electron chi connectivity index (χ1n) is 35.6. The minimum atomic E-state index is -2.43. The number of methoxy groups -OCH3 is 1. The number of benzene rings is 4. The van der Waals surface area contributed by atoms with Gasteiger partial charge in [-0.2, -0.15) is 0 Å². The number of hydrogen-bond donors (Lipinski definition) is 16. The van der Waals surface area contributed by atoms with Crippen LogP contribution in [-0.4, -0.2) is 215 Å². The molecule has 0 spiro atoms. The number of aliphatic hydroxyl groups is 3. The molecule has 7 rings (SSSR count). The van der Waals surface area contributed by atoms with Crippen molar-refractivity contribution in [3.8, 4) is 28.1 Å². The number of nitrogens with zero attached hydrogens (tertiary/aromatic N) is 3. The number of H-pyrrole nitrogens is 1. The van der Waals surface area contributed by atoms with E-state index in [0.717, 1.165) is 43.5 Å². The van der Waals surface area contributed by atoms with Gasteiger partial charge < -0.3 is 93.7 Å². The van der Waals surface area contributed by atoms with Gasteiger partial charge in [-0.15, -0.1) is 0 Å². The van der Waals surface area contributed by atoms with Crippen molar-refractivity contribution in [2.24, 2.45) is 5.73 Å². The van der Waals surface area contributed by atoms with Crippen LogP contribution in [-0.2, 0) is 94.4 Å². The molecule has 1 saturated heterocycles. The predicted octanol–water partition coefficient (Wildman–Crippen LogP) is -0.00690. The molecule has 0 radical (unpaired) electrons. The average Bonchev–Trinajstić information content (AvgIpc) is 1.71. The van der Waals surface area contributed by atoms with Crippen molar-refractivity contribution in [3.63, 3.8) is 0 Å². The summed E-state index contributed by atoms with van der Waals surface area (Å²) in [6.45, 7) is 4.47. The van der Waals surface area contributed by atoms with Crippen molar-refractivity contribution in [2.75, 3.05) is 26.8 Å². The Kier molecular flexibility index (Phi) is 30.9. The van der Waals surface area contributed by atoms with Crippen LogP contribution in [0.5, 0.6) is 5.75 Å². The Bertz CT molecular complexity index is 4340. The number of hydrogen-bond acceptors (Lipinski definition) is 19. The third kappa shape index (κ3) is 23.9. The van der Waals surface area contributed by atoms with Crippen molar-refractivity contribution in [2.45, 2.75) is 171 Å². The van der Waals surface area contributed by atoms with Gasteiger partial charge in [0.25, 0.3) is 0 Å². The fourth-order valence-electron chi connectivity index (χ4n) is 12.5. The molecule has 2 aromatic heterocycles. The van der Waals surface area contributed by atoms with E-state index in [1.165, 1.54) is 80.0 Å². The molecular weight excluding hydrogens is 1450 g/mol. The highest BCUT2D eigenvalue weighted by Gasteiger charge is 2.47. The Morgan fingerprint density at radius 1 is 0.667 bits per heavy atom. The summed E-state index contributed by atoms with van der Waals surface area (Å²) in [5.41, 5.74) is 6.15. The number of nitrogens with two attached hydrogens (primary N) is 1. The summed E-state index contributed by atoms with van der Waals surface area (Å²) in [6, 6.07) is 13.0. The van der Waals surface area contributed by atoms with Crippen LogP contribution in [0.25, 0.3) is 22.4 Å². The van der Waals surface area contributed by atoms with Gasteiger partial charge in [-0.1, -0.05) is 73.7 Å². The first-order valence-corrected chi connectivity index (χ1v) is 35.6. The van der Waals surface area contributed by atoms with Crippen molar-refractivity contribution in [1.82, 2.24) is 67.7 Å². The summed E-state index contributed by atoms with van der Waals surface area (Å²) in [5, 5.41) is 73.0. The van der Waals surface area contributed by atoms with E-state index < -0.39 is 187 Å². The lowest BCUT2D eigenvalue weighted by atomic mass is 9.90. The highest BCUT2D eigenvalue weighted by atomic mass is 19.1. The second-order valence-electron chi connectivity index (χ2n) is 27.2. The van der Waals surface area contributed by atoms with Gasteiger partial charge in [-0.3, -0.25) is 67.3 Å². The van der Waals surface area contributed by atoms with Crippen LogP contribution in [0, 0.1) is 11.6 Å². The number of carboxylic acid groups (broad SMARTS) is 2. The van der Waals surface area contributed by atoms with Gasteiger partial charge in [0.15, 0.2) is 0 Å². The largest absolute Gasteiger partial charge is 0.497 e. The van der Waals surface area contributed by atoms with Gasteiger partial charge in [-0.05, 0) is 130 Å². The molecular formula is C76H92F2N14O19. The number of carbonyl (C=O) groups excluding carboxylic acids is 11. The van der Waals surface area contributed by atoms with Gasteiger partial charge >= 0.3 is 11.9 Å². The molecule has 1 fully saturated rings. The van der Waals surface area contributed by atoms with Crippen LogP contribution in [0.2, 0.25) is 0 Å². The van der Waals surface area contributed by atoms with Crippen LogP contribution in [0.1, 0.15) is 101 Å². The number of carbonyl (C=O) groups is 13. The van der Waals surface area contributed by atoms with Crippen molar-refractivity contribution in [3.05, 3.63) is 161 Å². The summed E-state index contributed by atoms with van der Waals surface area (Å²) in [7, 11) is 1.53. The molecule has 35 heteroatoms. The van der Waals surface area contributed by atoms with Crippen LogP contribution in [0.15, 0.2) is 122 Å². The number of pyridine rings is 1. The average molecular weight is 1540 g/mol. The van der Waals surface area contributed by atoms with Crippen molar-refractivity contribution in [1.29, 1.82) is 0 Å². The molecule has 33 nitrogen and oxygen atoms in total. The number of aryl methyl sites for hydroxylation is 2. The van der Waals surface area contributed by atoms with E-state index in [4.69, 9.17) is 10.5 Å². The fraction of sp³-hybridized carbons (Fsp3) is 0.408. The van der Waals surface area contributed by atoms with E-state index in [9.17, 15) is 92.3 Å². The maximum Gasteiger partial charge on any atom is 0.305 e. The molecule has 3 heterocycles. The Morgan fingerprint density at radius 2 is 1.29 bits per heavy atom. The van der Waals surface area contributed by atoms with E-state index in [2.05, 4.69) is 62.8 Å². The Morgan fingerprint density at radius 3 is 1.89 bits per heavy atom. The summed E-state index contributed by atoms with van der Waals surface area (Å²) in [6.07, 6.45) is -1.54. The maximum atomic E-state index is 15.5. The zero-order valence-corrected chi connectivity index (χ0v) is 61.8. The lowest BCUT2D eigenvalue weighted by Gasteiger charge is -2.35. The second-order valence-corrected chi connectivity index (χ2v) is 27.2. The SMILES string of the molecule is CCc1cc(OC)ccc1-c1ccc(C[C@H](NC(=O)[C@H](CC(=O)O)NC(=O)[C@H](CO)NC(=O)[C@@H](NC(=O)[C@](C)(Cc2ccccc2F)NC(=O)[C@@H](NC(=O)CNC(=O)[C@H](CCC(=O)O)NC(=O)[C@@]2(C)CCCN2C(=O)CCc2cnc[nH]2)[C@@H](C)O)[C@@H](C)O)C(=O)N[C@@H](Cc2ccc(-c3ccccc3F)nc2)C(N)=O)cc1. The number of imidazole rings is 1. The molecule has 6 aromatic rings. The first-order chi connectivity index (χ1) is 52.7. The molecule has 0 bridgehead atoms. The van der Waals surface area contributed by atoms with E-state index in [0.29, 0.717) is 35.4 Å². The van der Waals surface area contributed by atoms with Crippen molar-refractivity contribution >= 4 is 76.9 Å². The topological polar surface area (TPSA) is 511 Å². The highest BCUT2D eigenvalue weighted by Crippen LogP contribution is 2.32. The standard InChI is InChI=1S/C76H92F2N14O19/c1-7-45-33-49(111-6)23-24-50(45)46-20-17-43(18-21-46)31-57(68(104)84-56(66(79)102)32-44-19-25-54(81-36-44)51-14-9-11-16-53(51)78)85-69(105)58(34-63(100)101)86-70(106)59(39-93)87-71(107)64(41(2)94)90-73(109)75(4,35-47-13-8-10-15-52(47)77)91-72(108)65(42(3)95)89-60(96)38-82-67(103)55(26-28-62(98)99)88-74(110)76(5)29-12-30-92(76)61(97)27-22-48-37-80-40-83-48/h8-11,13-21,23-25,33,36-37,40-42,55-59,64-65,93-95H,7,12,22,26-32,34-35,38-39H2,1-6H3,(H2,79,102)(H,80,83)(H,82,103)(H,84,104)(H,85,105)(H,86,106)(H,87,107)(H,88,110)(H,89,96)(H,90,109)(H,91,108)(H,98,99)(H,100,101)/t41-,42-,55+,56+,57+,58+,59+,64+,65+,75+,76-/m1/s1. The first kappa shape index (κ1) is 86.1. The minimum absolute atomic E-state index is 0.00803. The van der Waals surface area contributed by atoms with Gasteiger partial charge in [0, 0.05) is 62.3 Å². The number of carboxylic acids is 2. The summed E-state index contributed by atoms with van der Waals surface area (Å²) in [5.74, 6) is -16.2. The van der Waals surface area contributed by atoms with E-state index in [-0.39, 0.29) is 61.4 Å². The Labute approximate surface area is 636 Å². The number of nitrogens with one attached hydrogen (secondary N) is 10.